The van der Waals surface area contributed by atoms with Gasteiger partial charge in [-0.1, -0.05) is 0 Å². The first-order chi connectivity index (χ1) is 7.91. The van der Waals surface area contributed by atoms with E-state index in [1.165, 1.54) is 20.3 Å². The van der Waals surface area contributed by atoms with Gasteiger partial charge in [-0.25, -0.2) is 4.98 Å². The molecule has 0 aromatic carbocycles. The van der Waals surface area contributed by atoms with Gasteiger partial charge in [-0.15, -0.1) is 13.2 Å². The molecule has 0 aliphatic rings. The number of ether oxygens (including phenoxy) is 3. The lowest BCUT2D eigenvalue weighted by atomic mass is 10.3. The Labute approximate surface area is 95.3 Å². The van der Waals surface area contributed by atoms with E-state index in [-0.39, 0.29) is 18.2 Å². The second kappa shape index (κ2) is 5.09. The summed E-state index contributed by atoms with van der Waals surface area (Å²) in [6.45, 7) is 0.0407. The first-order valence-electron chi connectivity index (χ1n) is 4.49. The van der Waals surface area contributed by atoms with Crippen molar-refractivity contribution in [1.82, 2.24) is 4.98 Å². The van der Waals surface area contributed by atoms with Gasteiger partial charge in [-0.05, 0) is 0 Å². The monoisotopic (exact) mass is 252 g/mol. The Kier molecular flexibility index (Phi) is 4.00. The largest absolute Gasteiger partial charge is 0.573 e. The van der Waals surface area contributed by atoms with Gasteiger partial charge >= 0.3 is 6.36 Å². The summed E-state index contributed by atoms with van der Waals surface area (Å²) >= 11 is 0. The van der Waals surface area contributed by atoms with Crippen molar-refractivity contribution in [3.63, 3.8) is 0 Å². The van der Waals surface area contributed by atoms with Crippen LogP contribution in [0, 0.1) is 0 Å². The smallest absolute Gasteiger partial charge is 0.493 e. The fraction of sp³-hybridized carbons (Fsp3) is 0.444. The van der Waals surface area contributed by atoms with E-state index < -0.39 is 12.1 Å². The van der Waals surface area contributed by atoms with Crippen molar-refractivity contribution >= 4 is 0 Å². The van der Waals surface area contributed by atoms with Crippen molar-refractivity contribution in [3.05, 3.63) is 11.8 Å². The third-order valence-corrected chi connectivity index (χ3v) is 1.80. The normalized spacial score (nSPS) is 11.2. The van der Waals surface area contributed by atoms with E-state index in [1.54, 1.807) is 0 Å². The van der Waals surface area contributed by atoms with Crippen LogP contribution in [0.25, 0.3) is 0 Å². The molecule has 0 bridgehead atoms. The molecule has 0 unspecified atom stereocenters. The topological polar surface area (TPSA) is 66.6 Å². The van der Waals surface area contributed by atoms with Crippen LogP contribution >= 0.6 is 0 Å². The zero-order valence-corrected chi connectivity index (χ0v) is 9.17. The minimum atomic E-state index is -4.85. The van der Waals surface area contributed by atoms with E-state index in [0.29, 0.717) is 5.69 Å². The zero-order valence-electron chi connectivity index (χ0n) is 9.17. The van der Waals surface area contributed by atoms with E-state index in [2.05, 4.69) is 9.72 Å². The number of hydrogen-bond acceptors (Lipinski definition) is 5. The summed E-state index contributed by atoms with van der Waals surface area (Å²) < 4.78 is 49.8. The highest BCUT2D eigenvalue weighted by Crippen LogP contribution is 2.39. The molecule has 96 valence electrons. The first-order valence-corrected chi connectivity index (χ1v) is 4.49. The van der Waals surface area contributed by atoms with Gasteiger partial charge in [0, 0.05) is 12.6 Å². The van der Waals surface area contributed by atoms with Crippen molar-refractivity contribution in [1.29, 1.82) is 0 Å². The number of pyridine rings is 1. The Bertz CT molecular complexity index is 371. The number of aromatic nitrogens is 1. The summed E-state index contributed by atoms with van der Waals surface area (Å²) in [5, 5.41) is 0. The molecule has 0 saturated heterocycles. The van der Waals surface area contributed by atoms with Gasteiger partial charge in [0.1, 0.15) is 0 Å². The molecule has 0 radical (unpaired) electrons. The van der Waals surface area contributed by atoms with Crippen LogP contribution in [0.15, 0.2) is 6.07 Å². The summed E-state index contributed by atoms with van der Waals surface area (Å²) in [6, 6.07) is 1.25. The fourth-order valence-corrected chi connectivity index (χ4v) is 1.14. The Hall–Kier alpha value is -1.70. The summed E-state index contributed by atoms with van der Waals surface area (Å²) in [5.74, 6) is -1.10. The molecule has 0 aliphatic carbocycles. The molecule has 0 saturated carbocycles. The van der Waals surface area contributed by atoms with Gasteiger partial charge in [-0.3, -0.25) is 0 Å². The van der Waals surface area contributed by atoms with Crippen molar-refractivity contribution in [2.24, 2.45) is 5.73 Å². The van der Waals surface area contributed by atoms with Crippen molar-refractivity contribution in [2.45, 2.75) is 12.9 Å². The van der Waals surface area contributed by atoms with Crippen LogP contribution in [-0.4, -0.2) is 25.6 Å². The molecule has 17 heavy (non-hydrogen) atoms. The number of rotatable bonds is 4. The van der Waals surface area contributed by atoms with Crippen LogP contribution in [0.1, 0.15) is 5.69 Å². The van der Waals surface area contributed by atoms with E-state index in [1.807, 2.05) is 0 Å². The van der Waals surface area contributed by atoms with Gasteiger partial charge < -0.3 is 19.9 Å². The maximum absolute atomic E-state index is 12.2. The van der Waals surface area contributed by atoms with E-state index in [4.69, 9.17) is 15.2 Å². The lowest BCUT2D eigenvalue weighted by Crippen LogP contribution is -2.19. The van der Waals surface area contributed by atoms with Crippen LogP contribution < -0.4 is 19.9 Å². The maximum Gasteiger partial charge on any atom is 0.573 e. The number of halogens is 3. The molecular weight excluding hydrogens is 241 g/mol. The Balaban J connectivity index is 3.24. The molecule has 0 atom stereocenters. The number of nitrogens with zero attached hydrogens (tertiary/aromatic N) is 1. The standard InChI is InChI=1S/C9H11F3N2O3/c1-15-6-3-5(4-13)14-8(16-2)7(6)17-9(10,11)12/h3H,4,13H2,1-2H3. The molecule has 0 aliphatic heterocycles. The maximum atomic E-state index is 12.2. The number of methoxy groups -OCH3 is 2. The van der Waals surface area contributed by atoms with Gasteiger partial charge in [0.15, 0.2) is 5.75 Å². The van der Waals surface area contributed by atoms with E-state index in [0.717, 1.165) is 0 Å². The molecule has 1 heterocycles. The second-order valence-corrected chi connectivity index (χ2v) is 2.91. The van der Waals surface area contributed by atoms with Crippen molar-refractivity contribution < 1.29 is 27.4 Å². The van der Waals surface area contributed by atoms with Crippen LogP contribution in [0.2, 0.25) is 0 Å². The molecule has 1 rings (SSSR count). The molecule has 0 amide bonds. The molecule has 5 nitrogen and oxygen atoms in total. The number of hydrogen-bond donors (Lipinski definition) is 1. The molecule has 8 heteroatoms. The van der Waals surface area contributed by atoms with E-state index in [9.17, 15) is 13.2 Å². The predicted molar refractivity (Wildman–Crippen MR) is 51.9 cm³/mol. The van der Waals surface area contributed by atoms with Gasteiger partial charge in [0.05, 0.1) is 19.9 Å². The highest BCUT2D eigenvalue weighted by molar-refractivity contribution is 5.48. The van der Waals surface area contributed by atoms with Crippen LogP contribution in [0.5, 0.6) is 17.4 Å². The third kappa shape index (κ3) is 3.38. The summed E-state index contributed by atoms with van der Waals surface area (Å²) in [5.41, 5.74) is 5.66. The lowest BCUT2D eigenvalue weighted by molar-refractivity contribution is -0.275. The molecular formula is C9H11F3N2O3. The first kappa shape index (κ1) is 13.4. The number of nitrogens with two attached hydrogens (primary N) is 1. The van der Waals surface area contributed by atoms with Crippen LogP contribution in [0.4, 0.5) is 13.2 Å². The third-order valence-electron chi connectivity index (χ3n) is 1.80. The SMILES string of the molecule is COc1cc(CN)nc(OC)c1OC(F)(F)F. The van der Waals surface area contributed by atoms with Gasteiger partial charge in [0.25, 0.3) is 5.88 Å². The van der Waals surface area contributed by atoms with Crippen LogP contribution in [-0.2, 0) is 6.54 Å². The molecule has 0 fully saturated rings. The van der Waals surface area contributed by atoms with Crippen molar-refractivity contribution in [3.8, 4) is 17.4 Å². The summed E-state index contributed by atoms with van der Waals surface area (Å²) in [7, 11) is 2.38. The fourth-order valence-electron chi connectivity index (χ4n) is 1.14. The average molecular weight is 252 g/mol. The highest BCUT2D eigenvalue weighted by atomic mass is 19.4. The van der Waals surface area contributed by atoms with Gasteiger partial charge in [-0.2, -0.15) is 0 Å². The molecule has 2 N–H and O–H groups in total. The Morgan fingerprint density at radius 2 is 1.94 bits per heavy atom. The van der Waals surface area contributed by atoms with Crippen molar-refractivity contribution in [2.75, 3.05) is 14.2 Å². The molecule has 0 spiro atoms. The summed E-state index contributed by atoms with van der Waals surface area (Å²) in [4.78, 5) is 3.75. The second-order valence-electron chi connectivity index (χ2n) is 2.91. The lowest BCUT2D eigenvalue weighted by Gasteiger charge is -2.15. The minimum absolute atomic E-state index is 0.0407. The van der Waals surface area contributed by atoms with E-state index >= 15 is 0 Å². The predicted octanol–water partition coefficient (Wildman–Crippen LogP) is 1.46. The zero-order chi connectivity index (χ0) is 13.1. The average Bonchev–Trinajstić information content (AvgIpc) is 2.27. The molecule has 1 aromatic rings. The van der Waals surface area contributed by atoms with Crippen LogP contribution in [0.3, 0.4) is 0 Å². The summed E-state index contributed by atoms with van der Waals surface area (Å²) in [6.07, 6.45) is -4.85. The quantitative estimate of drug-likeness (QED) is 0.878. The minimum Gasteiger partial charge on any atom is -0.493 e. The molecule has 1 aromatic heterocycles. The van der Waals surface area contributed by atoms with Gasteiger partial charge in [0.2, 0.25) is 5.75 Å². The Morgan fingerprint density at radius 3 is 2.35 bits per heavy atom. The highest BCUT2D eigenvalue weighted by Gasteiger charge is 2.35. The number of alkyl halides is 3. The Morgan fingerprint density at radius 1 is 1.29 bits per heavy atom.